The zero-order valence-electron chi connectivity index (χ0n) is 14.4. The van der Waals surface area contributed by atoms with Gasteiger partial charge in [0.1, 0.15) is 11.1 Å². The zero-order chi connectivity index (χ0) is 18.0. The van der Waals surface area contributed by atoms with Crippen LogP contribution in [0.5, 0.6) is 0 Å². The number of piperidine rings is 1. The second kappa shape index (κ2) is 7.09. The average Bonchev–Trinajstić information content (AvgIpc) is 2.57. The molecule has 1 amide bonds. The van der Waals surface area contributed by atoms with Crippen LogP contribution in [0.3, 0.4) is 0 Å². The van der Waals surface area contributed by atoms with E-state index in [1.807, 2.05) is 0 Å². The molecule has 0 bridgehead atoms. The average molecular weight is 343 g/mol. The van der Waals surface area contributed by atoms with Crippen molar-refractivity contribution in [3.05, 3.63) is 46.3 Å². The standard InChI is InChI=1S/C19H21NO5/c1-12-7-13(2)10-20(9-12)17(21)11-24-18(22)15-8-14-5-3-4-6-16(14)25-19(15)23/h3-6,8,12-13H,7,9-11H2,1-2H3/t12-,13+. The number of likely N-dealkylation sites (tertiary alicyclic amines) is 1. The molecule has 1 aromatic carbocycles. The number of carbonyl (C=O) groups is 2. The molecule has 1 aliphatic rings. The number of carbonyl (C=O) groups excluding carboxylic acids is 2. The molecule has 1 saturated heterocycles. The van der Waals surface area contributed by atoms with Crippen molar-refractivity contribution in [1.82, 2.24) is 4.90 Å². The largest absolute Gasteiger partial charge is 0.452 e. The first-order chi connectivity index (χ1) is 11.9. The molecule has 6 heteroatoms. The molecule has 0 saturated carbocycles. The summed E-state index contributed by atoms with van der Waals surface area (Å²) in [5, 5.41) is 0.624. The smallest absolute Gasteiger partial charge is 0.351 e. The van der Waals surface area contributed by atoms with E-state index in [0.717, 1.165) is 6.42 Å². The summed E-state index contributed by atoms with van der Waals surface area (Å²) in [4.78, 5) is 38.1. The summed E-state index contributed by atoms with van der Waals surface area (Å²) in [5.41, 5.74) is -0.570. The van der Waals surface area contributed by atoms with E-state index in [4.69, 9.17) is 9.15 Å². The normalized spacial score (nSPS) is 20.5. The van der Waals surface area contributed by atoms with E-state index in [1.54, 1.807) is 29.2 Å². The summed E-state index contributed by atoms with van der Waals surface area (Å²) in [5.74, 6) is -0.227. The first kappa shape index (κ1) is 17.2. The van der Waals surface area contributed by atoms with Crippen LogP contribution in [0.4, 0.5) is 0 Å². The zero-order valence-corrected chi connectivity index (χ0v) is 14.4. The lowest BCUT2D eigenvalue weighted by Gasteiger charge is -2.34. The first-order valence-electron chi connectivity index (χ1n) is 8.42. The minimum atomic E-state index is -0.842. The number of esters is 1. The minimum Gasteiger partial charge on any atom is -0.452 e. The first-order valence-corrected chi connectivity index (χ1v) is 8.42. The van der Waals surface area contributed by atoms with Crippen LogP contribution in [0.15, 0.2) is 39.5 Å². The van der Waals surface area contributed by atoms with E-state index in [0.29, 0.717) is 35.9 Å². The fourth-order valence-electron chi connectivity index (χ4n) is 3.37. The van der Waals surface area contributed by atoms with Crippen LogP contribution in [-0.4, -0.2) is 36.5 Å². The third-order valence-electron chi connectivity index (χ3n) is 4.41. The number of para-hydroxylation sites is 1. The van der Waals surface area contributed by atoms with Gasteiger partial charge in [-0.05, 0) is 30.4 Å². The number of fused-ring (bicyclic) bond motifs is 1. The quantitative estimate of drug-likeness (QED) is 0.632. The number of amides is 1. The van der Waals surface area contributed by atoms with E-state index < -0.39 is 11.6 Å². The maximum absolute atomic E-state index is 12.3. The number of hydrogen-bond donors (Lipinski definition) is 0. The Morgan fingerprint density at radius 3 is 2.60 bits per heavy atom. The molecule has 1 fully saturated rings. The van der Waals surface area contributed by atoms with E-state index in [1.165, 1.54) is 6.07 Å². The van der Waals surface area contributed by atoms with Gasteiger partial charge in [0.25, 0.3) is 5.91 Å². The molecule has 2 aromatic rings. The summed E-state index contributed by atoms with van der Waals surface area (Å²) >= 11 is 0. The Morgan fingerprint density at radius 2 is 1.88 bits per heavy atom. The van der Waals surface area contributed by atoms with Crippen LogP contribution >= 0.6 is 0 Å². The van der Waals surface area contributed by atoms with Crippen molar-refractivity contribution in [3.63, 3.8) is 0 Å². The molecule has 1 aromatic heterocycles. The second-order valence-electron chi connectivity index (χ2n) is 6.81. The van der Waals surface area contributed by atoms with Crippen molar-refractivity contribution < 1.29 is 18.7 Å². The maximum atomic E-state index is 12.3. The number of nitrogens with zero attached hydrogens (tertiary/aromatic N) is 1. The molecule has 0 aliphatic carbocycles. The van der Waals surface area contributed by atoms with Crippen LogP contribution in [0.1, 0.15) is 30.6 Å². The highest BCUT2D eigenvalue weighted by molar-refractivity contribution is 5.94. The second-order valence-corrected chi connectivity index (χ2v) is 6.81. The predicted molar refractivity (Wildman–Crippen MR) is 92.3 cm³/mol. The van der Waals surface area contributed by atoms with Gasteiger partial charge in [0.2, 0.25) is 0 Å². The molecule has 0 N–H and O–H groups in total. The van der Waals surface area contributed by atoms with Gasteiger partial charge in [0.15, 0.2) is 6.61 Å². The summed E-state index contributed by atoms with van der Waals surface area (Å²) in [6, 6.07) is 8.33. The van der Waals surface area contributed by atoms with Crippen LogP contribution < -0.4 is 5.63 Å². The molecule has 2 atom stereocenters. The van der Waals surface area contributed by atoms with Gasteiger partial charge in [-0.3, -0.25) is 4.79 Å². The molecule has 0 spiro atoms. The molecule has 0 unspecified atom stereocenters. The molecule has 132 valence electrons. The Labute approximate surface area is 145 Å². The highest BCUT2D eigenvalue weighted by Crippen LogP contribution is 2.21. The highest BCUT2D eigenvalue weighted by Gasteiger charge is 2.26. The van der Waals surface area contributed by atoms with Gasteiger partial charge in [0.05, 0.1) is 0 Å². The van der Waals surface area contributed by atoms with E-state index in [2.05, 4.69) is 13.8 Å². The molecule has 1 aliphatic heterocycles. The lowest BCUT2D eigenvalue weighted by atomic mass is 9.92. The Kier molecular flexibility index (Phi) is 4.88. The third-order valence-corrected chi connectivity index (χ3v) is 4.41. The molecule has 2 heterocycles. The van der Waals surface area contributed by atoms with Crippen molar-refractivity contribution in [2.75, 3.05) is 19.7 Å². The van der Waals surface area contributed by atoms with Crippen LogP contribution in [0.2, 0.25) is 0 Å². The summed E-state index contributed by atoms with van der Waals surface area (Å²) in [6.45, 7) is 5.16. The number of ether oxygens (including phenoxy) is 1. The summed E-state index contributed by atoms with van der Waals surface area (Å²) in [7, 11) is 0. The van der Waals surface area contributed by atoms with Crippen molar-refractivity contribution in [2.45, 2.75) is 20.3 Å². The predicted octanol–water partition coefficient (Wildman–Crippen LogP) is 2.45. The fraction of sp³-hybridized carbons (Fsp3) is 0.421. The number of rotatable bonds is 3. The maximum Gasteiger partial charge on any atom is 0.351 e. The fourth-order valence-corrected chi connectivity index (χ4v) is 3.37. The van der Waals surface area contributed by atoms with Crippen molar-refractivity contribution in [3.8, 4) is 0 Å². The molecule has 25 heavy (non-hydrogen) atoms. The SMILES string of the molecule is C[C@@H]1C[C@H](C)CN(C(=O)COC(=O)c2cc3ccccc3oc2=O)C1. The lowest BCUT2D eigenvalue weighted by molar-refractivity contribution is -0.137. The van der Waals surface area contributed by atoms with Crippen LogP contribution in [-0.2, 0) is 9.53 Å². The van der Waals surface area contributed by atoms with Gasteiger partial charge in [-0.25, -0.2) is 9.59 Å². The Hall–Kier alpha value is -2.63. The van der Waals surface area contributed by atoms with Crippen molar-refractivity contribution in [2.24, 2.45) is 11.8 Å². The topological polar surface area (TPSA) is 76.8 Å². The Morgan fingerprint density at radius 1 is 1.20 bits per heavy atom. The van der Waals surface area contributed by atoms with E-state index >= 15 is 0 Å². The Bertz CT molecular complexity index is 846. The van der Waals surface area contributed by atoms with Crippen molar-refractivity contribution in [1.29, 1.82) is 0 Å². The monoisotopic (exact) mass is 343 g/mol. The molecule has 6 nitrogen and oxygen atoms in total. The Balaban J connectivity index is 1.67. The lowest BCUT2D eigenvalue weighted by Crippen LogP contribution is -2.44. The molecular formula is C19H21NO5. The molecule has 0 radical (unpaired) electrons. The van der Waals surface area contributed by atoms with Crippen LogP contribution in [0, 0.1) is 11.8 Å². The number of benzene rings is 1. The summed E-state index contributed by atoms with van der Waals surface area (Å²) in [6.07, 6.45) is 1.09. The van der Waals surface area contributed by atoms with Crippen LogP contribution in [0.25, 0.3) is 11.0 Å². The molecular weight excluding hydrogens is 322 g/mol. The van der Waals surface area contributed by atoms with Gasteiger partial charge in [-0.2, -0.15) is 0 Å². The van der Waals surface area contributed by atoms with Gasteiger partial charge >= 0.3 is 11.6 Å². The van der Waals surface area contributed by atoms with Gasteiger partial charge in [-0.15, -0.1) is 0 Å². The van der Waals surface area contributed by atoms with E-state index in [9.17, 15) is 14.4 Å². The third kappa shape index (κ3) is 3.90. The van der Waals surface area contributed by atoms with Crippen molar-refractivity contribution >= 4 is 22.8 Å². The van der Waals surface area contributed by atoms with Gasteiger partial charge in [-0.1, -0.05) is 32.0 Å². The number of hydrogen-bond acceptors (Lipinski definition) is 5. The van der Waals surface area contributed by atoms with Gasteiger partial charge in [0, 0.05) is 18.5 Å². The van der Waals surface area contributed by atoms with Gasteiger partial charge < -0.3 is 14.1 Å². The minimum absolute atomic E-state index is 0.202. The highest BCUT2D eigenvalue weighted by atomic mass is 16.5. The molecule has 3 rings (SSSR count). The summed E-state index contributed by atoms with van der Waals surface area (Å²) < 4.78 is 10.2. The van der Waals surface area contributed by atoms with E-state index in [-0.39, 0.29) is 18.1 Å².